The van der Waals surface area contributed by atoms with Crippen LogP contribution >= 0.6 is 0 Å². The van der Waals surface area contributed by atoms with Gasteiger partial charge >= 0.3 is 0 Å². The predicted octanol–water partition coefficient (Wildman–Crippen LogP) is 1.30. The molecule has 6 heteroatoms. The van der Waals surface area contributed by atoms with Gasteiger partial charge in [0.05, 0.1) is 17.1 Å². The van der Waals surface area contributed by atoms with Crippen LogP contribution in [0.1, 0.15) is 17.0 Å². The monoisotopic (exact) mass is 286 g/mol. The van der Waals surface area contributed by atoms with Gasteiger partial charge in [0.2, 0.25) is 0 Å². The Kier molecular flexibility index (Phi) is 3.17. The number of carbonyl (C=O) groups is 1. The van der Waals surface area contributed by atoms with Crippen molar-refractivity contribution < 1.29 is 9.53 Å². The normalized spacial score (nSPS) is 14.1. The zero-order valence-electron chi connectivity index (χ0n) is 12.4. The number of ether oxygens (including phenoxy) is 1. The molecule has 110 valence electrons. The third-order valence-electron chi connectivity index (χ3n) is 3.92. The van der Waals surface area contributed by atoms with Crippen molar-refractivity contribution in [2.24, 2.45) is 5.73 Å². The van der Waals surface area contributed by atoms with Gasteiger partial charge in [-0.3, -0.25) is 4.79 Å². The topological polar surface area (TPSA) is 73.4 Å². The zero-order valence-corrected chi connectivity index (χ0v) is 12.4. The van der Waals surface area contributed by atoms with E-state index in [0.29, 0.717) is 12.3 Å². The lowest BCUT2D eigenvalue weighted by Gasteiger charge is -2.26. The van der Waals surface area contributed by atoms with Crippen LogP contribution < -0.4 is 15.4 Å². The van der Waals surface area contributed by atoms with Crippen molar-refractivity contribution in [2.75, 3.05) is 18.6 Å². The van der Waals surface area contributed by atoms with Crippen molar-refractivity contribution in [1.29, 1.82) is 0 Å². The van der Waals surface area contributed by atoms with E-state index in [1.54, 1.807) is 11.9 Å². The fourth-order valence-electron chi connectivity index (χ4n) is 2.62. The minimum absolute atomic E-state index is 0.0493. The van der Waals surface area contributed by atoms with Crippen LogP contribution in [0.15, 0.2) is 18.2 Å². The fraction of sp³-hybridized carbons (Fsp3) is 0.333. The molecule has 0 fully saturated rings. The maximum absolute atomic E-state index is 11.6. The first-order valence-corrected chi connectivity index (χ1v) is 6.82. The molecule has 2 heterocycles. The van der Waals surface area contributed by atoms with E-state index in [0.717, 1.165) is 28.3 Å². The largest absolute Gasteiger partial charge is 0.481 e. The van der Waals surface area contributed by atoms with Crippen LogP contribution in [-0.2, 0) is 11.3 Å². The van der Waals surface area contributed by atoms with Crippen LogP contribution in [0, 0.1) is 13.8 Å². The van der Waals surface area contributed by atoms with Crippen LogP contribution in [0.2, 0.25) is 0 Å². The number of hydrogen-bond acceptors (Lipinski definition) is 4. The Morgan fingerprint density at radius 3 is 2.81 bits per heavy atom. The highest BCUT2D eigenvalue weighted by Gasteiger charge is 2.23. The highest BCUT2D eigenvalue weighted by molar-refractivity contribution is 5.97. The number of rotatable bonds is 2. The Bertz CT molecular complexity index is 721. The molecule has 2 N–H and O–H groups in total. The maximum Gasteiger partial charge on any atom is 0.264 e. The van der Waals surface area contributed by atoms with E-state index in [2.05, 4.69) is 5.10 Å². The van der Waals surface area contributed by atoms with E-state index in [1.165, 1.54) is 0 Å². The number of carbonyl (C=O) groups excluding carboxylic acids is 1. The van der Waals surface area contributed by atoms with E-state index >= 15 is 0 Å². The first kappa shape index (κ1) is 13.6. The second kappa shape index (κ2) is 4.89. The molecule has 0 aliphatic carbocycles. The lowest BCUT2D eigenvalue weighted by atomic mass is 10.2. The van der Waals surface area contributed by atoms with Crippen LogP contribution in [0.25, 0.3) is 5.69 Å². The molecule has 2 aromatic rings. The van der Waals surface area contributed by atoms with Crippen molar-refractivity contribution in [3.05, 3.63) is 35.2 Å². The molecule has 0 saturated carbocycles. The summed E-state index contributed by atoms with van der Waals surface area (Å²) >= 11 is 0. The molecule has 21 heavy (non-hydrogen) atoms. The van der Waals surface area contributed by atoms with Gasteiger partial charge in [0.15, 0.2) is 6.61 Å². The molecule has 1 aliphatic rings. The highest BCUT2D eigenvalue weighted by atomic mass is 16.5. The molecule has 1 amide bonds. The van der Waals surface area contributed by atoms with Crippen molar-refractivity contribution in [1.82, 2.24) is 9.78 Å². The lowest BCUT2D eigenvalue weighted by molar-refractivity contribution is -0.120. The van der Waals surface area contributed by atoms with E-state index in [-0.39, 0.29) is 12.5 Å². The Hall–Kier alpha value is -2.34. The Morgan fingerprint density at radius 2 is 2.14 bits per heavy atom. The molecule has 1 aliphatic heterocycles. The number of fused-ring (bicyclic) bond motifs is 1. The van der Waals surface area contributed by atoms with Gasteiger partial charge in [-0.15, -0.1) is 0 Å². The van der Waals surface area contributed by atoms with E-state index in [4.69, 9.17) is 10.5 Å². The third-order valence-corrected chi connectivity index (χ3v) is 3.92. The smallest absolute Gasteiger partial charge is 0.264 e. The molecule has 1 aromatic heterocycles. The summed E-state index contributed by atoms with van der Waals surface area (Å²) in [7, 11) is 1.75. The minimum atomic E-state index is -0.0493. The lowest BCUT2D eigenvalue weighted by Crippen LogP contribution is -2.35. The molecular formula is C15H18N4O2. The molecule has 1 aromatic carbocycles. The summed E-state index contributed by atoms with van der Waals surface area (Å²) in [6.45, 7) is 4.49. The second-order valence-electron chi connectivity index (χ2n) is 5.16. The van der Waals surface area contributed by atoms with E-state index < -0.39 is 0 Å². The SMILES string of the molecule is Cc1nn(-c2ccc3c(c2)OCC(=O)N3C)c(C)c1CN. The molecule has 0 spiro atoms. The highest BCUT2D eigenvalue weighted by Crippen LogP contribution is 2.33. The van der Waals surface area contributed by atoms with Gasteiger partial charge in [0, 0.05) is 30.9 Å². The molecular weight excluding hydrogens is 268 g/mol. The van der Waals surface area contributed by atoms with Crippen LogP contribution in [0.3, 0.4) is 0 Å². The summed E-state index contributed by atoms with van der Waals surface area (Å²) in [4.78, 5) is 13.2. The summed E-state index contributed by atoms with van der Waals surface area (Å²) in [5.41, 5.74) is 10.4. The van der Waals surface area contributed by atoms with Crippen molar-refractivity contribution in [3.8, 4) is 11.4 Å². The van der Waals surface area contributed by atoms with Gasteiger partial charge in [0.1, 0.15) is 5.75 Å². The van der Waals surface area contributed by atoms with Crippen LogP contribution in [0.5, 0.6) is 5.75 Å². The number of aryl methyl sites for hydroxylation is 1. The van der Waals surface area contributed by atoms with Gasteiger partial charge < -0.3 is 15.4 Å². The van der Waals surface area contributed by atoms with Crippen molar-refractivity contribution in [2.45, 2.75) is 20.4 Å². The van der Waals surface area contributed by atoms with Crippen molar-refractivity contribution in [3.63, 3.8) is 0 Å². The van der Waals surface area contributed by atoms with Gasteiger partial charge in [0.25, 0.3) is 5.91 Å². The number of aromatic nitrogens is 2. The van der Waals surface area contributed by atoms with Gasteiger partial charge in [-0.1, -0.05) is 0 Å². The molecule has 0 unspecified atom stereocenters. The zero-order chi connectivity index (χ0) is 15.1. The Morgan fingerprint density at radius 1 is 1.38 bits per heavy atom. The number of nitrogens with two attached hydrogens (primary N) is 1. The summed E-state index contributed by atoms with van der Waals surface area (Å²) in [5, 5.41) is 4.53. The summed E-state index contributed by atoms with van der Waals surface area (Å²) in [6.07, 6.45) is 0. The van der Waals surface area contributed by atoms with Crippen LogP contribution in [0.4, 0.5) is 5.69 Å². The molecule has 6 nitrogen and oxygen atoms in total. The summed E-state index contributed by atoms with van der Waals surface area (Å²) in [5.74, 6) is 0.642. The second-order valence-corrected chi connectivity index (χ2v) is 5.16. The number of hydrogen-bond donors (Lipinski definition) is 1. The molecule has 3 rings (SSSR count). The van der Waals surface area contributed by atoms with E-state index in [9.17, 15) is 4.79 Å². The van der Waals surface area contributed by atoms with Gasteiger partial charge in [-0.25, -0.2) is 4.68 Å². The number of anilines is 1. The Balaban J connectivity index is 2.08. The minimum Gasteiger partial charge on any atom is -0.481 e. The molecule has 0 radical (unpaired) electrons. The standard InChI is InChI=1S/C15H18N4O2/c1-9-12(7-16)10(2)19(17-9)11-4-5-13-14(6-11)21-8-15(20)18(13)3/h4-6H,7-8,16H2,1-3H3. The fourth-order valence-corrected chi connectivity index (χ4v) is 2.62. The predicted molar refractivity (Wildman–Crippen MR) is 79.8 cm³/mol. The van der Waals surface area contributed by atoms with Crippen LogP contribution in [-0.4, -0.2) is 29.3 Å². The number of nitrogens with zero attached hydrogens (tertiary/aromatic N) is 3. The van der Waals surface area contributed by atoms with Crippen molar-refractivity contribution >= 4 is 11.6 Å². The first-order chi connectivity index (χ1) is 10.0. The molecule has 0 bridgehead atoms. The Labute approximate surface area is 123 Å². The average Bonchev–Trinajstić information content (AvgIpc) is 2.77. The quantitative estimate of drug-likeness (QED) is 0.903. The summed E-state index contributed by atoms with van der Waals surface area (Å²) < 4.78 is 7.37. The number of likely N-dealkylation sites (N-methyl/N-ethyl adjacent to an activating group) is 1. The van der Waals surface area contributed by atoms with Gasteiger partial charge in [-0.05, 0) is 26.0 Å². The maximum atomic E-state index is 11.6. The third kappa shape index (κ3) is 2.08. The summed E-state index contributed by atoms with van der Waals surface area (Å²) in [6, 6.07) is 5.70. The average molecular weight is 286 g/mol. The molecule has 0 saturated heterocycles. The van der Waals surface area contributed by atoms with Gasteiger partial charge in [-0.2, -0.15) is 5.10 Å². The molecule has 0 atom stereocenters. The first-order valence-electron chi connectivity index (χ1n) is 6.82. The number of benzene rings is 1. The van der Waals surface area contributed by atoms with E-state index in [1.807, 2.05) is 36.7 Å². The number of amides is 1.